The van der Waals surface area contributed by atoms with Crippen molar-refractivity contribution < 1.29 is 27.4 Å². The number of aliphatic hydroxyl groups is 1. The molecule has 0 aliphatic carbocycles. The Morgan fingerprint density at radius 3 is 2.52 bits per heavy atom. The van der Waals surface area contributed by atoms with Crippen molar-refractivity contribution in [1.82, 2.24) is 9.97 Å². The van der Waals surface area contributed by atoms with Crippen LogP contribution in [0.4, 0.5) is 23.2 Å². The van der Waals surface area contributed by atoms with Gasteiger partial charge in [0.05, 0.1) is 18.3 Å². The fourth-order valence-electron chi connectivity index (χ4n) is 3.69. The van der Waals surface area contributed by atoms with E-state index in [2.05, 4.69) is 15.0 Å². The fraction of sp³-hybridized carbons (Fsp3) is 0.375. The second-order valence-electron chi connectivity index (χ2n) is 7.70. The molecular formula is C24H25F4N3O2. The first-order chi connectivity index (χ1) is 15.6. The second-order valence-corrected chi connectivity index (χ2v) is 7.70. The molecule has 2 atom stereocenters. The minimum Gasteiger partial charge on any atom is -0.493 e. The lowest BCUT2D eigenvalue weighted by molar-refractivity contribution is -0.232. The summed E-state index contributed by atoms with van der Waals surface area (Å²) in [6, 6.07) is 8.93. The lowest BCUT2D eigenvalue weighted by atomic mass is 9.84. The van der Waals surface area contributed by atoms with Gasteiger partial charge >= 0.3 is 6.18 Å². The standard InChI is InChI=1S/C24H25F4N3O2/c1-4-15(16-8-6-9-18(25)22(16)33-3)12-23(32,24(26,27)28)14-30-19-10-7-11-20-17(19)13-29-21(5-2)31-20/h6-11,13-15,32H,4-5,12H2,1-3H3. The molecule has 1 heterocycles. The summed E-state index contributed by atoms with van der Waals surface area (Å²) in [5.74, 6) is -1.05. The third kappa shape index (κ3) is 5.13. The first-order valence-electron chi connectivity index (χ1n) is 10.5. The lowest BCUT2D eigenvalue weighted by Gasteiger charge is -2.31. The summed E-state index contributed by atoms with van der Waals surface area (Å²) in [6.07, 6.45) is -2.93. The number of hydrogen-bond acceptors (Lipinski definition) is 5. The summed E-state index contributed by atoms with van der Waals surface area (Å²) in [6.45, 7) is 3.56. The van der Waals surface area contributed by atoms with Crippen LogP contribution in [0.3, 0.4) is 0 Å². The van der Waals surface area contributed by atoms with Crippen LogP contribution in [0.15, 0.2) is 47.6 Å². The summed E-state index contributed by atoms with van der Waals surface area (Å²) in [5.41, 5.74) is -2.25. The van der Waals surface area contributed by atoms with E-state index in [9.17, 15) is 22.7 Å². The van der Waals surface area contributed by atoms with Crippen molar-refractivity contribution in [2.24, 2.45) is 4.99 Å². The zero-order chi connectivity index (χ0) is 24.2. The number of benzene rings is 2. The molecule has 3 rings (SSSR count). The van der Waals surface area contributed by atoms with Crippen molar-refractivity contribution in [2.75, 3.05) is 7.11 Å². The number of ether oxygens (including phenoxy) is 1. The number of aliphatic imine (C=N–C) groups is 1. The number of fused-ring (bicyclic) bond motifs is 1. The number of halogens is 4. The molecule has 0 saturated carbocycles. The maximum absolute atomic E-state index is 14.1. The molecule has 0 fully saturated rings. The quantitative estimate of drug-likeness (QED) is 0.333. The third-order valence-corrected chi connectivity index (χ3v) is 5.57. The highest BCUT2D eigenvalue weighted by atomic mass is 19.4. The first-order valence-corrected chi connectivity index (χ1v) is 10.5. The van der Waals surface area contributed by atoms with Crippen LogP contribution in [-0.2, 0) is 6.42 Å². The Kier molecular flexibility index (Phi) is 7.31. The molecule has 3 aromatic rings. The summed E-state index contributed by atoms with van der Waals surface area (Å²) < 4.78 is 61.3. The van der Waals surface area contributed by atoms with E-state index in [0.29, 0.717) is 29.4 Å². The van der Waals surface area contributed by atoms with Gasteiger partial charge in [0.2, 0.25) is 0 Å². The van der Waals surface area contributed by atoms with E-state index in [1.807, 2.05) is 6.92 Å². The molecule has 0 radical (unpaired) electrons. The van der Waals surface area contributed by atoms with Crippen LogP contribution in [0, 0.1) is 5.82 Å². The molecule has 176 valence electrons. The van der Waals surface area contributed by atoms with E-state index in [0.717, 1.165) is 0 Å². The fourth-order valence-corrected chi connectivity index (χ4v) is 3.69. The summed E-state index contributed by atoms with van der Waals surface area (Å²) >= 11 is 0. The molecule has 0 saturated heterocycles. The molecule has 0 bridgehead atoms. The van der Waals surface area contributed by atoms with Gasteiger partial charge in [0.1, 0.15) is 5.82 Å². The molecule has 0 spiro atoms. The molecule has 2 aromatic carbocycles. The van der Waals surface area contributed by atoms with Gasteiger partial charge in [0.15, 0.2) is 17.2 Å². The largest absolute Gasteiger partial charge is 0.493 e. The van der Waals surface area contributed by atoms with Gasteiger partial charge in [0.25, 0.3) is 0 Å². The smallest absolute Gasteiger partial charge is 0.422 e. The number of hydrogen-bond donors (Lipinski definition) is 1. The number of aromatic nitrogens is 2. The van der Waals surface area contributed by atoms with Crippen LogP contribution in [0.25, 0.3) is 10.9 Å². The normalized spacial score (nSPS) is 15.0. The van der Waals surface area contributed by atoms with Crippen molar-refractivity contribution in [1.29, 1.82) is 0 Å². The van der Waals surface area contributed by atoms with Crippen LogP contribution < -0.4 is 4.74 Å². The Bertz CT molecular complexity index is 1150. The Morgan fingerprint density at radius 2 is 1.88 bits per heavy atom. The van der Waals surface area contributed by atoms with Gasteiger partial charge in [-0.2, -0.15) is 13.2 Å². The van der Waals surface area contributed by atoms with Crippen LogP contribution in [0.2, 0.25) is 0 Å². The lowest BCUT2D eigenvalue weighted by Crippen LogP contribution is -2.47. The van der Waals surface area contributed by atoms with E-state index < -0.39 is 29.9 Å². The number of para-hydroxylation sites is 1. The molecule has 0 amide bonds. The molecule has 9 heteroatoms. The van der Waals surface area contributed by atoms with Crippen molar-refractivity contribution in [3.05, 3.63) is 59.8 Å². The third-order valence-electron chi connectivity index (χ3n) is 5.57. The second kappa shape index (κ2) is 9.82. The molecule has 33 heavy (non-hydrogen) atoms. The van der Waals surface area contributed by atoms with E-state index in [4.69, 9.17) is 4.74 Å². The molecule has 5 nitrogen and oxygen atoms in total. The van der Waals surface area contributed by atoms with Crippen molar-refractivity contribution in [3.8, 4) is 5.75 Å². The van der Waals surface area contributed by atoms with Crippen LogP contribution >= 0.6 is 0 Å². The van der Waals surface area contributed by atoms with Crippen molar-refractivity contribution in [3.63, 3.8) is 0 Å². The molecular weight excluding hydrogens is 438 g/mol. The summed E-state index contributed by atoms with van der Waals surface area (Å²) in [5, 5.41) is 11.2. The predicted molar refractivity (Wildman–Crippen MR) is 119 cm³/mol. The topological polar surface area (TPSA) is 67.6 Å². The Balaban J connectivity index is 2.01. The number of alkyl halides is 3. The Morgan fingerprint density at radius 1 is 1.15 bits per heavy atom. The number of nitrogens with zero attached hydrogens (tertiary/aromatic N) is 3. The number of aryl methyl sites for hydroxylation is 1. The highest BCUT2D eigenvalue weighted by Gasteiger charge is 2.53. The highest BCUT2D eigenvalue weighted by molar-refractivity contribution is 5.91. The predicted octanol–water partition coefficient (Wildman–Crippen LogP) is 5.92. The maximum atomic E-state index is 14.1. The highest BCUT2D eigenvalue weighted by Crippen LogP contribution is 2.42. The van der Waals surface area contributed by atoms with Gasteiger partial charge in [-0.3, -0.25) is 4.99 Å². The van der Waals surface area contributed by atoms with Crippen molar-refractivity contribution >= 4 is 22.8 Å². The molecule has 0 aliphatic rings. The maximum Gasteiger partial charge on any atom is 0.422 e. The minimum absolute atomic E-state index is 0.135. The van der Waals surface area contributed by atoms with E-state index >= 15 is 0 Å². The van der Waals surface area contributed by atoms with Crippen LogP contribution in [0.1, 0.15) is 44.0 Å². The van der Waals surface area contributed by atoms with E-state index in [-0.39, 0.29) is 23.4 Å². The van der Waals surface area contributed by atoms with Gasteiger partial charge in [-0.1, -0.05) is 32.0 Å². The van der Waals surface area contributed by atoms with Crippen LogP contribution in [-0.4, -0.2) is 40.2 Å². The van der Waals surface area contributed by atoms with Gasteiger partial charge < -0.3 is 9.84 Å². The van der Waals surface area contributed by atoms with E-state index in [1.54, 1.807) is 19.1 Å². The number of methoxy groups -OCH3 is 1. The summed E-state index contributed by atoms with van der Waals surface area (Å²) in [7, 11) is 1.25. The Labute approximate surface area is 189 Å². The van der Waals surface area contributed by atoms with Gasteiger partial charge in [-0.25, -0.2) is 14.4 Å². The first kappa shape index (κ1) is 24.6. The minimum atomic E-state index is -5.01. The van der Waals surface area contributed by atoms with E-state index in [1.165, 1.54) is 37.6 Å². The monoisotopic (exact) mass is 463 g/mol. The number of rotatable bonds is 8. The van der Waals surface area contributed by atoms with Crippen molar-refractivity contribution in [2.45, 2.75) is 50.8 Å². The molecule has 1 aromatic heterocycles. The zero-order valence-electron chi connectivity index (χ0n) is 18.5. The van der Waals surface area contributed by atoms with Gasteiger partial charge in [0, 0.05) is 29.8 Å². The Hall–Kier alpha value is -3.07. The summed E-state index contributed by atoms with van der Waals surface area (Å²) in [4.78, 5) is 12.5. The molecule has 0 aliphatic heterocycles. The van der Waals surface area contributed by atoms with Gasteiger partial charge in [-0.15, -0.1) is 0 Å². The zero-order valence-corrected chi connectivity index (χ0v) is 18.5. The molecule has 1 N–H and O–H groups in total. The average Bonchev–Trinajstić information content (AvgIpc) is 2.79. The SMILES string of the molecule is CCc1ncc2c(N=CC(O)(CC(CC)c3cccc(F)c3OC)C(F)(F)F)cccc2n1. The van der Waals surface area contributed by atoms with Gasteiger partial charge in [-0.05, 0) is 37.0 Å². The average molecular weight is 463 g/mol. The van der Waals surface area contributed by atoms with Crippen LogP contribution in [0.5, 0.6) is 5.75 Å². The molecule has 2 unspecified atom stereocenters.